The van der Waals surface area contributed by atoms with Gasteiger partial charge in [0.05, 0.1) is 18.4 Å². The number of methoxy groups -OCH3 is 1. The third kappa shape index (κ3) is 4.92. The van der Waals surface area contributed by atoms with Gasteiger partial charge in [0.2, 0.25) is 0 Å². The van der Waals surface area contributed by atoms with Crippen LogP contribution in [-0.4, -0.2) is 12.3 Å². The van der Waals surface area contributed by atoms with Crippen LogP contribution in [-0.2, 0) is 11.9 Å². The Morgan fingerprint density at radius 2 is 1.91 bits per heavy atom. The summed E-state index contributed by atoms with van der Waals surface area (Å²) in [6.07, 6.45) is -4.46. The zero-order chi connectivity index (χ0) is 16.9. The number of aliphatic imine (C=N–C) groups is 1. The zero-order valence-electron chi connectivity index (χ0n) is 12.3. The van der Waals surface area contributed by atoms with Crippen molar-refractivity contribution >= 4 is 22.6 Å². The summed E-state index contributed by atoms with van der Waals surface area (Å²) in [6, 6.07) is 12.5. The van der Waals surface area contributed by atoms with Crippen LogP contribution >= 0.6 is 11.8 Å². The van der Waals surface area contributed by atoms with Crippen LogP contribution in [0.4, 0.5) is 18.9 Å². The fourth-order valence-electron chi connectivity index (χ4n) is 1.88. The molecule has 3 nitrogen and oxygen atoms in total. The van der Waals surface area contributed by atoms with E-state index in [2.05, 4.69) is 4.99 Å². The minimum atomic E-state index is -4.46. The van der Waals surface area contributed by atoms with Gasteiger partial charge in [-0.15, -0.1) is 0 Å². The van der Waals surface area contributed by atoms with Crippen LogP contribution in [0, 0.1) is 0 Å². The van der Waals surface area contributed by atoms with Crippen molar-refractivity contribution in [2.75, 3.05) is 7.11 Å². The van der Waals surface area contributed by atoms with Gasteiger partial charge in [0.25, 0.3) is 0 Å². The lowest BCUT2D eigenvalue weighted by Gasteiger charge is -2.10. The van der Waals surface area contributed by atoms with E-state index in [-0.39, 0.29) is 10.9 Å². The van der Waals surface area contributed by atoms with Gasteiger partial charge in [0.15, 0.2) is 5.17 Å². The third-order valence-corrected chi connectivity index (χ3v) is 3.83. The third-order valence-electron chi connectivity index (χ3n) is 2.96. The lowest BCUT2D eigenvalue weighted by molar-refractivity contribution is -0.137. The number of para-hydroxylation sites is 1. The van der Waals surface area contributed by atoms with Crippen molar-refractivity contribution in [1.82, 2.24) is 0 Å². The van der Waals surface area contributed by atoms with Crippen LogP contribution in [0.15, 0.2) is 53.5 Å². The minimum absolute atomic E-state index is 0.0736. The van der Waals surface area contributed by atoms with Crippen molar-refractivity contribution in [1.29, 1.82) is 0 Å². The fourth-order valence-corrected chi connectivity index (χ4v) is 2.54. The SMILES string of the molecule is COc1cccc(CSC(N)=Nc2ccccc2C(F)(F)F)c1. The summed E-state index contributed by atoms with van der Waals surface area (Å²) < 4.78 is 43.8. The number of nitrogens with zero attached hydrogens (tertiary/aromatic N) is 1. The number of amidine groups is 1. The Morgan fingerprint density at radius 1 is 1.17 bits per heavy atom. The Hall–Kier alpha value is -2.15. The van der Waals surface area contributed by atoms with Gasteiger partial charge in [-0.1, -0.05) is 36.0 Å². The molecule has 23 heavy (non-hydrogen) atoms. The molecule has 2 rings (SSSR count). The highest BCUT2D eigenvalue weighted by atomic mass is 32.2. The maximum absolute atomic E-state index is 12.9. The number of nitrogens with two attached hydrogens (primary N) is 1. The summed E-state index contributed by atoms with van der Waals surface area (Å²) >= 11 is 1.17. The molecular formula is C16H15F3N2OS. The molecule has 0 saturated carbocycles. The second-order valence-corrected chi connectivity index (χ2v) is 5.60. The summed E-state index contributed by atoms with van der Waals surface area (Å²) in [4.78, 5) is 3.89. The van der Waals surface area contributed by atoms with Gasteiger partial charge in [-0.05, 0) is 29.8 Å². The van der Waals surface area contributed by atoms with Crippen LogP contribution in [0.3, 0.4) is 0 Å². The van der Waals surface area contributed by atoms with Gasteiger partial charge in [-0.2, -0.15) is 13.2 Å². The zero-order valence-corrected chi connectivity index (χ0v) is 13.1. The molecule has 0 aliphatic carbocycles. The number of hydrogen-bond donors (Lipinski definition) is 1. The van der Waals surface area contributed by atoms with Gasteiger partial charge in [0, 0.05) is 5.75 Å². The lowest BCUT2D eigenvalue weighted by Crippen LogP contribution is -2.09. The van der Waals surface area contributed by atoms with Crippen molar-refractivity contribution in [2.45, 2.75) is 11.9 Å². The number of halogens is 3. The second kappa shape index (κ2) is 7.41. The predicted molar refractivity (Wildman–Crippen MR) is 87.0 cm³/mol. The van der Waals surface area contributed by atoms with E-state index in [0.29, 0.717) is 11.5 Å². The molecule has 0 amide bonds. The van der Waals surface area contributed by atoms with Crippen molar-refractivity contribution in [3.8, 4) is 5.75 Å². The van der Waals surface area contributed by atoms with Crippen molar-refractivity contribution in [3.63, 3.8) is 0 Å². The summed E-state index contributed by atoms with van der Waals surface area (Å²) in [7, 11) is 1.57. The number of rotatable bonds is 4. The molecule has 0 aliphatic heterocycles. The quantitative estimate of drug-likeness (QED) is 0.654. The maximum atomic E-state index is 12.9. The van der Waals surface area contributed by atoms with Gasteiger partial charge in [-0.25, -0.2) is 4.99 Å². The molecule has 0 radical (unpaired) electrons. The van der Waals surface area contributed by atoms with E-state index >= 15 is 0 Å². The van der Waals surface area contributed by atoms with Crippen molar-refractivity contribution in [2.24, 2.45) is 10.7 Å². The molecule has 2 N–H and O–H groups in total. The van der Waals surface area contributed by atoms with Crippen molar-refractivity contribution in [3.05, 3.63) is 59.7 Å². The highest BCUT2D eigenvalue weighted by Crippen LogP contribution is 2.36. The van der Waals surface area contributed by atoms with Gasteiger partial charge >= 0.3 is 6.18 Å². The average Bonchev–Trinajstić information content (AvgIpc) is 2.52. The first-order chi connectivity index (χ1) is 10.9. The standard InChI is InChI=1S/C16H15F3N2OS/c1-22-12-6-4-5-11(9-12)10-23-15(20)21-14-8-3-2-7-13(14)16(17,18)19/h2-9H,10H2,1H3,(H2,20,21). The molecule has 2 aromatic rings. The molecule has 0 saturated heterocycles. The van der Waals surface area contributed by atoms with E-state index in [0.717, 1.165) is 11.6 Å². The first-order valence-electron chi connectivity index (χ1n) is 6.66. The molecule has 0 unspecified atom stereocenters. The molecule has 0 fully saturated rings. The minimum Gasteiger partial charge on any atom is -0.497 e. The van der Waals surface area contributed by atoms with E-state index in [1.807, 2.05) is 24.3 Å². The van der Waals surface area contributed by atoms with E-state index in [1.54, 1.807) is 7.11 Å². The lowest BCUT2D eigenvalue weighted by atomic mass is 10.2. The first kappa shape index (κ1) is 17.2. The number of hydrogen-bond acceptors (Lipinski definition) is 3. The topological polar surface area (TPSA) is 47.6 Å². The molecule has 2 aromatic carbocycles. The van der Waals surface area contributed by atoms with E-state index in [9.17, 15) is 13.2 Å². The molecule has 7 heteroatoms. The first-order valence-corrected chi connectivity index (χ1v) is 7.65. The molecule has 0 aromatic heterocycles. The largest absolute Gasteiger partial charge is 0.497 e. The smallest absolute Gasteiger partial charge is 0.418 e. The Labute approximate surface area is 136 Å². The molecule has 0 spiro atoms. The van der Waals surface area contributed by atoms with E-state index < -0.39 is 11.7 Å². The molecule has 0 aliphatic rings. The van der Waals surface area contributed by atoms with Gasteiger partial charge in [0.1, 0.15) is 5.75 Å². The summed E-state index contributed by atoms with van der Waals surface area (Å²) in [5, 5.41) is 0.0736. The number of alkyl halides is 3. The van der Waals surface area contributed by atoms with Gasteiger partial charge < -0.3 is 10.5 Å². The Balaban J connectivity index is 2.12. The molecular weight excluding hydrogens is 325 g/mol. The average molecular weight is 340 g/mol. The fraction of sp³-hybridized carbons (Fsp3) is 0.188. The Kier molecular flexibility index (Phi) is 5.54. The van der Waals surface area contributed by atoms with E-state index in [4.69, 9.17) is 10.5 Å². The van der Waals surface area contributed by atoms with Crippen LogP contribution < -0.4 is 10.5 Å². The molecule has 0 heterocycles. The van der Waals surface area contributed by atoms with Crippen LogP contribution in [0.25, 0.3) is 0 Å². The van der Waals surface area contributed by atoms with Crippen LogP contribution in [0.5, 0.6) is 5.75 Å². The molecule has 0 atom stereocenters. The van der Waals surface area contributed by atoms with E-state index in [1.165, 1.54) is 30.0 Å². The highest BCUT2D eigenvalue weighted by Gasteiger charge is 2.33. The Morgan fingerprint density at radius 3 is 2.61 bits per heavy atom. The number of ether oxygens (including phenoxy) is 1. The summed E-state index contributed by atoms with van der Waals surface area (Å²) in [5.74, 6) is 1.20. The molecule has 0 bridgehead atoms. The number of benzene rings is 2. The van der Waals surface area contributed by atoms with Crippen LogP contribution in [0.2, 0.25) is 0 Å². The molecule has 122 valence electrons. The normalized spacial score (nSPS) is 12.3. The Bertz CT molecular complexity index is 702. The van der Waals surface area contributed by atoms with Crippen molar-refractivity contribution < 1.29 is 17.9 Å². The maximum Gasteiger partial charge on any atom is 0.418 e. The summed E-state index contributed by atoms with van der Waals surface area (Å²) in [6.45, 7) is 0. The second-order valence-electron chi connectivity index (χ2n) is 4.61. The van der Waals surface area contributed by atoms with Crippen LogP contribution in [0.1, 0.15) is 11.1 Å². The van der Waals surface area contributed by atoms with Gasteiger partial charge in [-0.3, -0.25) is 0 Å². The summed E-state index contributed by atoms with van der Waals surface area (Å²) in [5.41, 5.74) is 5.71. The predicted octanol–water partition coefficient (Wildman–Crippen LogP) is 4.59. The number of thioether (sulfide) groups is 1. The highest BCUT2D eigenvalue weighted by molar-refractivity contribution is 8.13. The monoisotopic (exact) mass is 340 g/mol.